The highest BCUT2D eigenvalue weighted by molar-refractivity contribution is 5.65. The fourth-order valence-corrected chi connectivity index (χ4v) is 4.30. The summed E-state index contributed by atoms with van der Waals surface area (Å²) in [5, 5.41) is 0. The molecular weight excluding hydrogens is 412 g/mol. The molecule has 5 aromatic rings. The molecule has 0 aliphatic carbocycles. The topological polar surface area (TPSA) is 6.48 Å². The molecule has 2 nitrogen and oxygen atoms in total. The second-order valence-electron chi connectivity index (χ2n) is 8.28. The first-order valence-corrected chi connectivity index (χ1v) is 11.7. The van der Waals surface area contributed by atoms with Crippen molar-refractivity contribution in [3.8, 4) is 0 Å². The lowest BCUT2D eigenvalue weighted by Crippen LogP contribution is -2.21. The lowest BCUT2D eigenvalue weighted by atomic mass is 10.0. The number of anilines is 4. The fraction of sp³-hybridized carbons (Fsp3) is 0.0625. The quantitative estimate of drug-likeness (QED) is 0.239. The number of rotatable bonds is 8. The summed E-state index contributed by atoms with van der Waals surface area (Å²) >= 11 is 0. The predicted molar refractivity (Wildman–Crippen MR) is 144 cm³/mol. The van der Waals surface area contributed by atoms with E-state index in [2.05, 4.69) is 155 Å². The maximum absolute atomic E-state index is 2.38. The molecule has 5 aromatic carbocycles. The van der Waals surface area contributed by atoms with Gasteiger partial charge in [0, 0.05) is 35.8 Å². The van der Waals surface area contributed by atoms with Crippen LogP contribution in [-0.4, -0.2) is 0 Å². The van der Waals surface area contributed by atoms with Crippen LogP contribution >= 0.6 is 0 Å². The van der Waals surface area contributed by atoms with Crippen LogP contribution in [0.25, 0.3) is 0 Å². The molecule has 0 amide bonds. The third kappa shape index (κ3) is 5.02. The molecule has 0 aromatic heterocycles. The zero-order valence-electron chi connectivity index (χ0n) is 19.2. The smallest absolute Gasteiger partial charge is 0.0485 e. The Balaban J connectivity index is 1.51. The molecule has 0 saturated carbocycles. The molecule has 0 aliphatic heterocycles. The van der Waals surface area contributed by atoms with Crippen LogP contribution in [0.3, 0.4) is 0 Å². The van der Waals surface area contributed by atoms with Gasteiger partial charge in [-0.15, -0.1) is 0 Å². The molecule has 166 valence electrons. The summed E-state index contributed by atoms with van der Waals surface area (Å²) in [6, 6.07) is 51.3. The summed E-state index contributed by atoms with van der Waals surface area (Å²) in [7, 11) is 0. The highest BCUT2D eigenvalue weighted by Crippen LogP contribution is 2.31. The molecule has 0 aliphatic rings. The first-order chi connectivity index (χ1) is 16.9. The molecule has 0 fully saturated rings. The largest absolute Gasteiger partial charge is 0.337 e. The van der Waals surface area contributed by atoms with Gasteiger partial charge in [0.2, 0.25) is 0 Å². The van der Waals surface area contributed by atoms with Crippen molar-refractivity contribution in [3.63, 3.8) is 0 Å². The van der Waals surface area contributed by atoms with Gasteiger partial charge < -0.3 is 9.80 Å². The van der Waals surface area contributed by atoms with E-state index in [4.69, 9.17) is 0 Å². The van der Waals surface area contributed by atoms with Crippen molar-refractivity contribution in [1.29, 1.82) is 0 Å². The maximum atomic E-state index is 2.38. The van der Waals surface area contributed by atoms with E-state index in [9.17, 15) is 0 Å². The van der Waals surface area contributed by atoms with Crippen molar-refractivity contribution in [2.75, 3.05) is 9.80 Å². The molecule has 0 saturated heterocycles. The Morgan fingerprint density at radius 1 is 0.294 bits per heavy atom. The minimum Gasteiger partial charge on any atom is -0.337 e. The van der Waals surface area contributed by atoms with Gasteiger partial charge in [0.05, 0.1) is 0 Å². The van der Waals surface area contributed by atoms with Crippen molar-refractivity contribution in [2.24, 2.45) is 0 Å². The normalized spacial score (nSPS) is 10.6. The van der Waals surface area contributed by atoms with Crippen LogP contribution in [0.4, 0.5) is 22.7 Å². The molecule has 0 bridgehead atoms. The number of para-hydroxylation sites is 4. The second kappa shape index (κ2) is 10.5. The van der Waals surface area contributed by atoms with E-state index in [0.29, 0.717) is 0 Å². The monoisotopic (exact) mass is 440 g/mol. The SMILES string of the molecule is c1ccc(N(Cc2ccccc2CN(c2ccccc2)c2ccccc2)c2ccccc2)cc1. The van der Waals surface area contributed by atoms with E-state index in [1.54, 1.807) is 0 Å². The van der Waals surface area contributed by atoms with Gasteiger partial charge in [-0.1, -0.05) is 97.1 Å². The first-order valence-electron chi connectivity index (χ1n) is 11.7. The Bertz CT molecular complexity index is 1100. The van der Waals surface area contributed by atoms with E-state index in [1.165, 1.54) is 33.9 Å². The zero-order chi connectivity index (χ0) is 23.0. The molecule has 0 heterocycles. The minimum atomic E-state index is 0.793. The van der Waals surface area contributed by atoms with Gasteiger partial charge in [0.15, 0.2) is 0 Å². The van der Waals surface area contributed by atoms with Crippen LogP contribution in [0.15, 0.2) is 146 Å². The zero-order valence-corrected chi connectivity index (χ0v) is 19.2. The van der Waals surface area contributed by atoms with Gasteiger partial charge >= 0.3 is 0 Å². The van der Waals surface area contributed by atoms with Gasteiger partial charge in [0.25, 0.3) is 0 Å². The Kier molecular flexibility index (Phi) is 6.68. The van der Waals surface area contributed by atoms with Crippen molar-refractivity contribution in [1.82, 2.24) is 0 Å². The molecule has 2 heteroatoms. The summed E-state index contributed by atoms with van der Waals surface area (Å²) in [6.45, 7) is 1.59. The lowest BCUT2D eigenvalue weighted by Gasteiger charge is -2.29. The van der Waals surface area contributed by atoms with Crippen LogP contribution < -0.4 is 9.80 Å². The van der Waals surface area contributed by atoms with Crippen molar-refractivity contribution in [2.45, 2.75) is 13.1 Å². The predicted octanol–water partition coefficient (Wildman–Crippen LogP) is 8.36. The molecule has 34 heavy (non-hydrogen) atoms. The van der Waals surface area contributed by atoms with E-state index in [0.717, 1.165) is 13.1 Å². The fourth-order valence-electron chi connectivity index (χ4n) is 4.30. The van der Waals surface area contributed by atoms with E-state index >= 15 is 0 Å². The summed E-state index contributed by atoms with van der Waals surface area (Å²) in [4.78, 5) is 4.77. The van der Waals surface area contributed by atoms with Crippen molar-refractivity contribution < 1.29 is 0 Å². The van der Waals surface area contributed by atoms with Gasteiger partial charge in [-0.05, 0) is 59.7 Å². The molecule has 5 rings (SSSR count). The summed E-state index contributed by atoms with van der Waals surface area (Å²) in [5.41, 5.74) is 7.37. The first kappa shape index (κ1) is 21.5. The lowest BCUT2D eigenvalue weighted by molar-refractivity contribution is 0.909. The highest BCUT2D eigenvalue weighted by Gasteiger charge is 2.15. The minimum absolute atomic E-state index is 0.793. The number of benzene rings is 5. The van der Waals surface area contributed by atoms with Gasteiger partial charge in [-0.25, -0.2) is 0 Å². The average Bonchev–Trinajstić information content (AvgIpc) is 2.93. The van der Waals surface area contributed by atoms with E-state index < -0.39 is 0 Å². The average molecular weight is 441 g/mol. The molecule has 0 spiro atoms. The summed E-state index contributed by atoms with van der Waals surface area (Å²) in [6.07, 6.45) is 0. The summed E-state index contributed by atoms with van der Waals surface area (Å²) < 4.78 is 0. The molecular formula is C32H28N2. The second-order valence-corrected chi connectivity index (χ2v) is 8.28. The van der Waals surface area contributed by atoms with E-state index in [-0.39, 0.29) is 0 Å². The van der Waals surface area contributed by atoms with Crippen LogP contribution in [0.5, 0.6) is 0 Å². The Hall–Kier alpha value is -4.30. The van der Waals surface area contributed by atoms with E-state index in [1.807, 2.05) is 0 Å². The number of hydrogen-bond donors (Lipinski definition) is 0. The van der Waals surface area contributed by atoms with Gasteiger partial charge in [-0.2, -0.15) is 0 Å². The van der Waals surface area contributed by atoms with Gasteiger partial charge in [0.1, 0.15) is 0 Å². The van der Waals surface area contributed by atoms with Crippen LogP contribution in [0, 0.1) is 0 Å². The third-order valence-corrected chi connectivity index (χ3v) is 6.05. The van der Waals surface area contributed by atoms with Crippen LogP contribution in [-0.2, 0) is 13.1 Å². The maximum Gasteiger partial charge on any atom is 0.0485 e. The van der Waals surface area contributed by atoms with Crippen molar-refractivity contribution >= 4 is 22.7 Å². The Morgan fingerprint density at radius 3 is 0.794 bits per heavy atom. The standard InChI is InChI=1S/C32H28N2/c1-5-17-29(18-6-1)33(30-19-7-2-8-20-30)25-27-15-13-14-16-28(27)26-34(31-21-9-3-10-22-31)32-23-11-4-12-24-32/h1-24H,25-26H2. The Morgan fingerprint density at radius 2 is 0.529 bits per heavy atom. The van der Waals surface area contributed by atoms with Crippen molar-refractivity contribution in [3.05, 3.63) is 157 Å². The summed E-state index contributed by atoms with van der Waals surface area (Å²) in [5.74, 6) is 0. The molecule has 0 radical (unpaired) electrons. The molecule has 0 atom stereocenters. The number of nitrogens with zero attached hydrogens (tertiary/aromatic N) is 2. The van der Waals surface area contributed by atoms with Crippen LogP contribution in [0.1, 0.15) is 11.1 Å². The Labute approximate surface area is 202 Å². The third-order valence-electron chi connectivity index (χ3n) is 6.05. The molecule has 0 N–H and O–H groups in total. The number of hydrogen-bond acceptors (Lipinski definition) is 2. The molecule has 0 unspecified atom stereocenters. The van der Waals surface area contributed by atoms with Gasteiger partial charge in [-0.3, -0.25) is 0 Å². The highest BCUT2D eigenvalue weighted by atomic mass is 15.1. The van der Waals surface area contributed by atoms with Crippen LogP contribution in [0.2, 0.25) is 0 Å².